The van der Waals surface area contributed by atoms with Crippen LogP contribution in [0, 0.1) is 11.7 Å². The molecule has 1 fully saturated rings. The number of carbonyl (C=O) groups excluding carboxylic acids is 2. The first-order chi connectivity index (χ1) is 18.3. The molecule has 9 heteroatoms. The molecule has 1 N–H and O–H groups in total. The van der Waals surface area contributed by atoms with Crippen LogP contribution < -0.4 is 14.4 Å². The van der Waals surface area contributed by atoms with Gasteiger partial charge in [-0.3, -0.25) is 14.5 Å². The summed E-state index contributed by atoms with van der Waals surface area (Å²) in [6, 6.07) is 16.8. The number of ketones is 1. The summed E-state index contributed by atoms with van der Waals surface area (Å²) in [6.45, 7) is 4.63. The van der Waals surface area contributed by atoms with Gasteiger partial charge < -0.3 is 14.6 Å². The van der Waals surface area contributed by atoms with E-state index >= 15 is 0 Å². The van der Waals surface area contributed by atoms with Gasteiger partial charge in [0.05, 0.1) is 35.5 Å². The van der Waals surface area contributed by atoms with Gasteiger partial charge in [0.25, 0.3) is 5.78 Å². The molecular weight excluding hydrogens is 507 g/mol. The molecule has 0 aliphatic carbocycles. The number of aromatic nitrogens is 1. The smallest absolute Gasteiger partial charge is 0.301 e. The molecule has 7 nitrogen and oxygen atoms in total. The molecule has 194 valence electrons. The fourth-order valence-corrected chi connectivity index (χ4v) is 5.27. The van der Waals surface area contributed by atoms with Crippen molar-refractivity contribution in [1.29, 1.82) is 0 Å². The molecule has 38 heavy (non-hydrogen) atoms. The van der Waals surface area contributed by atoms with Gasteiger partial charge in [-0.15, -0.1) is 0 Å². The van der Waals surface area contributed by atoms with Crippen molar-refractivity contribution in [2.45, 2.75) is 19.9 Å². The van der Waals surface area contributed by atoms with Crippen molar-refractivity contribution in [3.8, 4) is 11.5 Å². The average molecular weight is 533 g/mol. The number of hydrogen-bond acceptors (Lipinski definition) is 7. The van der Waals surface area contributed by atoms with E-state index in [-0.39, 0.29) is 16.5 Å². The highest BCUT2D eigenvalue weighted by molar-refractivity contribution is 7.22. The second-order valence-corrected chi connectivity index (χ2v) is 10.3. The minimum atomic E-state index is -0.955. The van der Waals surface area contributed by atoms with Crippen LogP contribution in [0.15, 0.2) is 72.3 Å². The maximum Gasteiger partial charge on any atom is 0.301 e. The van der Waals surface area contributed by atoms with Gasteiger partial charge in [-0.2, -0.15) is 0 Å². The van der Waals surface area contributed by atoms with Crippen molar-refractivity contribution in [3.63, 3.8) is 0 Å². The van der Waals surface area contributed by atoms with Crippen molar-refractivity contribution in [3.05, 3.63) is 89.2 Å². The predicted molar refractivity (Wildman–Crippen MR) is 144 cm³/mol. The minimum absolute atomic E-state index is 0.0681. The number of halogens is 1. The largest absolute Gasteiger partial charge is 0.507 e. The number of anilines is 1. The van der Waals surface area contributed by atoms with Crippen molar-refractivity contribution in [2.75, 3.05) is 18.6 Å². The van der Waals surface area contributed by atoms with E-state index in [0.29, 0.717) is 45.4 Å². The number of fused-ring (bicyclic) bond motifs is 1. The molecule has 1 amide bonds. The van der Waals surface area contributed by atoms with Crippen molar-refractivity contribution < 1.29 is 28.6 Å². The number of aliphatic hydroxyl groups is 1. The molecule has 0 spiro atoms. The predicted octanol–water partition coefficient (Wildman–Crippen LogP) is 6.11. The van der Waals surface area contributed by atoms with Crippen molar-refractivity contribution >= 4 is 44.1 Å². The lowest BCUT2D eigenvalue weighted by Gasteiger charge is -2.23. The molecule has 0 saturated carbocycles. The lowest BCUT2D eigenvalue weighted by molar-refractivity contribution is -0.132. The molecule has 3 aromatic carbocycles. The Morgan fingerprint density at radius 3 is 2.39 bits per heavy atom. The van der Waals surface area contributed by atoms with Gasteiger partial charge in [0.2, 0.25) is 0 Å². The van der Waals surface area contributed by atoms with E-state index in [1.807, 2.05) is 13.8 Å². The highest BCUT2D eigenvalue weighted by Gasteiger charge is 2.48. The van der Waals surface area contributed by atoms with Gasteiger partial charge >= 0.3 is 5.91 Å². The van der Waals surface area contributed by atoms with Crippen LogP contribution in [0.5, 0.6) is 11.5 Å². The molecule has 1 unspecified atom stereocenters. The zero-order valence-electron chi connectivity index (χ0n) is 21.0. The number of thiazole rings is 1. The van der Waals surface area contributed by atoms with Crippen LogP contribution in [0.2, 0.25) is 0 Å². The topological polar surface area (TPSA) is 89.0 Å². The summed E-state index contributed by atoms with van der Waals surface area (Å²) >= 11 is 1.10. The first kappa shape index (κ1) is 25.4. The van der Waals surface area contributed by atoms with Crippen molar-refractivity contribution in [1.82, 2.24) is 4.98 Å². The molecule has 2 heterocycles. The van der Waals surface area contributed by atoms with Gasteiger partial charge in [-0.05, 0) is 66.1 Å². The van der Waals surface area contributed by atoms with E-state index < -0.39 is 23.5 Å². The van der Waals surface area contributed by atoms with Crippen LogP contribution in [0.1, 0.15) is 31.0 Å². The molecule has 0 radical (unpaired) electrons. The quantitative estimate of drug-likeness (QED) is 0.176. The molecule has 1 aliphatic heterocycles. The Hall–Kier alpha value is -4.24. The van der Waals surface area contributed by atoms with Gasteiger partial charge in [0, 0.05) is 5.56 Å². The SMILES string of the molecule is COc1ccc(C2/C(=C(\O)c3ccc(OCC(C)C)cc3)C(=O)C(=O)N2c2nc3ccc(F)cc3s2)cc1. The number of nitrogens with zero attached hydrogens (tertiary/aromatic N) is 2. The summed E-state index contributed by atoms with van der Waals surface area (Å²) < 4.78 is 25.3. The van der Waals surface area contributed by atoms with E-state index in [1.165, 1.54) is 30.2 Å². The van der Waals surface area contributed by atoms with Crippen LogP contribution in [0.25, 0.3) is 16.0 Å². The summed E-state index contributed by atoms with van der Waals surface area (Å²) in [5, 5.41) is 11.6. The second-order valence-electron chi connectivity index (χ2n) is 9.28. The maximum absolute atomic E-state index is 13.8. The van der Waals surface area contributed by atoms with Crippen LogP contribution in [-0.4, -0.2) is 35.5 Å². The average Bonchev–Trinajstić information content (AvgIpc) is 3.44. The molecule has 1 aliphatic rings. The van der Waals surface area contributed by atoms with E-state index in [0.717, 1.165) is 11.3 Å². The lowest BCUT2D eigenvalue weighted by atomic mass is 9.95. The zero-order chi connectivity index (χ0) is 27.0. The van der Waals surface area contributed by atoms with E-state index in [9.17, 15) is 19.1 Å². The monoisotopic (exact) mass is 532 g/mol. The summed E-state index contributed by atoms with van der Waals surface area (Å²) in [6.07, 6.45) is 0. The number of aliphatic hydroxyl groups excluding tert-OH is 1. The van der Waals surface area contributed by atoms with E-state index in [1.54, 1.807) is 48.5 Å². The van der Waals surface area contributed by atoms with Gasteiger partial charge in [-0.1, -0.05) is 37.3 Å². The van der Waals surface area contributed by atoms with E-state index in [4.69, 9.17) is 9.47 Å². The highest BCUT2D eigenvalue weighted by atomic mass is 32.1. The van der Waals surface area contributed by atoms with Gasteiger partial charge in [-0.25, -0.2) is 9.37 Å². The number of amides is 1. The number of benzene rings is 3. The Bertz CT molecular complexity index is 1540. The molecule has 4 aromatic rings. The van der Waals surface area contributed by atoms with E-state index in [2.05, 4.69) is 4.98 Å². The summed E-state index contributed by atoms with van der Waals surface area (Å²) in [5.74, 6) is -0.834. The molecule has 5 rings (SSSR count). The summed E-state index contributed by atoms with van der Waals surface area (Å²) in [7, 11) is 1.54. The number of methoxy groups -OCH3 is 1. The fourth-order valence-electron chi connectivity index (χ4n) is 4.25. The molecular formula is C29H25FN2O5S. The maximum atomic E-state index is 13.8. The molecule has 1 aromatic heterocycles. The van der Waals surface area contributed by atoms with Crippen LogP contribution >= 0.6 is 11.3 Å². The van der Waals surface area contributed by atoms with Crippen molar-refractivity contribution in [2.24, 2.45) is 5.92 Å². The second kappa shape index (κ2) is 10.3. The number of rotatable bonds is 7. The Labute approximate surface area is 222 Å². The Morgan fingerprint density at radius 1 is 1.05 bits per heavy atom. The highest BCUT2D eigenvalue weighted by Crippen LogP contribution is 2.44. The summed E-state index contributed by atoms with van der Waals surface area (Å²) in [4.78, 5) is 32.5. The van der Waals surface area contributed by atoms with Gasteiger partial charge in [0.1, 0.15) is 23.1 Å². The molecule has 1 atom stereocenters. The van der Waals surface area contributed by atoms with Crippen LogP contribution in [0.3, 0.4) is 0 Å². The molecule has 0 bridgehead atoms. The van der Waals surface area contributed by atoms with Crippen LogP contribution in [-0.2, 0) is 9.59 Å². The summed E-state index contributed by atoms with van der Waals surface area (Å²) in [5.41, 5.74) is 1.37. The normalized spacial score (nSPS) is 17.0. The lowest BCUT2D eigenvalue weighted by Crippen LogP contribution is -2.29. The first-order valence-electron chi connectivity index (χ1n) is 12.0. The third-order valence-electron chi connectivity index (χ3n) is 6.13. The number of carbonyl (C=O) groups is 2. The number of ether oxygens (including phenoxy) is 2. The Morgan fingerprint density at radius 2 is 1.74 bits per heavy atom. The Kier molecular flexibility index (Phi) is 6.86. The number of Topliss-reactive ketones (excluding diaryl/α,β-unsaturated/α-hetero) is 1. The van der Waals surface area contributed by atoms with Gasteiger partial charge in [0.15, 0.2) is 5.13 Å². The Balaban J connectivity index is 1.62. The fraction of sp³-hybridized carbons (Fsp3) is 0.207. The zero-order valence-corrected chi connectivity index (χ0v) is 21.8. The first-order valence-corrected chi connectivity index (χ1v) is 12.8. The third kappa shape index (κ3) is 4.72. The minimum Gasteiger partial charge on any atom is -0.507 e. The third-order valence-corrected chi connectivity index (χ3v) is 7.15. The van der Waals surface area contributed by atoms with Crippen LogP contribution in [0.4, 0.5) is 9.52 Å². The molecule has 1 saturated heterocycles. The standard InChI is InChI=1S/C29H25FN2O5S/c1-16(2)15-37-21-11-6-18(7-12-21)26(33)24-25(17-4-9-20(36-3)10-5-17)32(28(35)27(24)34)29-31-22-13-8-19(30)14-23(22)38-29/h4-14,16,25,33H,15H2,1-3H3/b26-24+. The number of hydrogen-bond donors (Lipinski definition) is 1.